The van der Waals surface area contributed by atoms with Gasteiger partial charge in [-0.1, -0.05) is 0 Å². The largest absolute Gasteiger partial charge is 0.357 e. The Balaban J connectivity index is 1.69. The molecule has 23 heavy (non-hydrogen) atoms. The average molecular weight is 314 g/mol. The highest BCUT2D eigenvalue weighted by Crippen LogP contribution is 2.18. The molecule has 0 aliphatic carbocycles. The molecule has 0 aliphatic rings. The van der Waals surface area contributed by atoms with Crippen LogP contribution >= 0.6 is 0 Å². The number of likely N-dealkylation sites (N-methyl/N-ethyl adjacent to an activating group) is 1. The highest BCUT2D eigenvalue weighted by Gasteiger charge is 2.13. The van der Waals surface area contributed by atoms with Crippen LogP contribution in [-0.2, 0) is 13.1 Å². The molecule has 1 atom stereocenters. The van der Waals surface area contributed by atoms with Crippen molar-refractivity contribution < 1.29 is 4.39 Å². The minimum Gasteiger partial charge on any atom is -0.357 e. The Labute approximate surface area is 135 Å². The van der Waals surface area contributed by atoms with E-state index in [9.17, 15) is 4.39 Å². The molecule has 0 fully saturated rings. The Morgan fingerprint density at radius 1 is 1.26 bits per heavy atom. The minimum atomic E-state index is -0.200. The molecule has 0 saturated carbocycles. The number of H-pyrrole nitrogens is 1. The standard InChI is InChI=1S/C18H23FN4/c1-12-7-13(2)23(21-12)10-14(3)22(4)11-17-9-15-8-16(19)5-6-18(15)20-17/h5-9,14,20H,10-11H2,1-4H3/t14-/m0/s1. The van der Waals surface area contributed by atoms with Crippen LogP contribution in [0, 0.1) is 19.7 Å². The van der Waals surface area contributed by atoms with Crippen molar-refractivity contribution in [2.75, 3.05) is 7.05 Å². The Morgan fingerprint density at radius 2 is 2.04 bits per heavy atom. The fourth-order valence-corrected chi connectivity index (χ4v) is 2.92. The first-order chi connectivity index (χ1) is 10.9. The van der Waals surface area contributed by atoms with Gasteiger partial charge in [0.2, 0.25) is 0 Å². The van der Waals surface area contributed by atoms with Crippen LogP contribution in [0.2, 0.25) is 0 Å². The number of hydrogen-bond acceptors (Lipinski definition) is 2. The molecule has 0 radical (unpaired) electrons. The van der Waals surface area contributed by atoms with Crippen LogP contribution < -0.4 is 0 Å². The van der Waals surface area contributed by atoms with Crippen LogP contribution in [0.3, 0.4) is 0 Å². The van der Waals surface area contributed by atoms with E-state index in [0.717, 1.165) is 35.4 Å². The molecule has 2 heterocycles. The van der Waals surface area contributed by atoms with Gasteiger partial charge in [0.1, 0.15) is 5.82 Å². The van der Waals surface area contributed by atoms with Gasteiger partial charge in [-0.25, -0.2) is 4.39 Å². The lowest BCUT2D eigenvalue weighted by atomic mass is 10.2. The predicted octanol–water partition coefficient (Wildman–Crippen LogP) is 3.64. The zero-order valence-corrected chi connectivity index (χ0v) is 14.1. The van der Waals surface area contributed by atoms with E-state index in [4.69, 9.17) is 0 Å². The van der Waals surface area contributed by atoms with Crippen molar-refractivity contribution >= 4 is 10.9 Å². The van der Waals surface area contributed by atoms with Gasteiger partial charge in [-0.3, -0.25) is 9.58 Å². The summed E-state index contributed by atoms with van der Waals surface area (Å²) < 4.78 is 15.3. The fraction of sp³-hybridized carbons (Fsp3) is 0.389. The Kier molecular flexibility index (Phi) is 4.22. The second-order valence-electron chi connectivity index (χ2n) is 6.40. The van der Waals surface area contributed by atoms with E-state index < -0.39 is 0 Å². The van der Waals surface area contributed by atoms with Crippen LogP contribution in [-0.4, -0.2) is 32.8 Å². The highest BCUT2D eigenvalue weighted by atomic mass is 19.1. The summed E-state index contributed by atoms with van der Waals surface area (Å²) in [5, 5.41) is 5.44. The third kappa shape index (κ3) is 3.45. The highest BCUT2D eigenvalue weighted by molar-refractivity contribution is 5.80. The van der Waals surface area contributed by atoms with Gasteiger partial charge in [0.15, 0.2) is 0 Å². The van der Waals surface area contributed by atoms with Gasteiger partial charge in [0, 0.05) is 34.9 Å². The summed E-state index contributed by atoms with van der Waals surface area (Å²) in [5.74, 6) is -0.200. The molecule has 0 amide bonds. The van der Waals surface area contributed by atoms with Crippen molar-refractivity contribution in [1.82, 2.24) is 19.7 Å². The van der Waals surface area contributed by atoms with E-state index in [-0.39, 0.29) is 5.82 Å². The second-order valence-corrected chi connectivity index (χ2v) is 6.40. The average Bonchev–Trinajstić information content (AvgIpc) is 3.00. The second kappa shape index (κ2) is 6.16. The Morgan fingerprint density at radius 3 is 2.74 bits per heavy atom. The van der Waals surface area contributed by atoms with Gasteiger partial charge >= 0.3 is 0 Å². The van der Waals surface area contributed by atoms with E-state index in [1.165, 1.54) is 11.8 Å². The molecule has 3 rings (SSSR count). The lowest BCUT2D eigenvalue weighted by Gasteiger charge is -2.24. The lowest BCUT2D eigenvalue weighted by Crippen LogP contribution is -2.33. The van der Waals surface area contributed by atoms with Crippen molar-refractivity contribution in [3.8, 4) is 0 Å². The van der Waals surface area contributed by atoms with Crippen molar-refractivity contribution in [3.63, 3.8) is 0 Å². The molecule has 0 spiro atoms. The molecule has 0 unspecified atom stereocenters. The number of nitrogens with one attached hydrogen (secondary N) is 1. The van der Waals surface area contributed by atoms with E-state index >= 15 is 0 Å². The first-order valence-electron chi connectivity index (χ1n) is 7.91. The molecule has 2 aromatic heterocycles. The summed E-state index contributed by atoms with van der Waals surface area (Å²) in [6, 6.07) is 9.29. The third-order valence-corrected chi connectivity index (χ3v) is 4.35. The maximum absolute atomic E-state index is 13.3. The Bertz CT molecular complexity index is 818. The maximum Gasteiger partial charge on any atom is 0.123 e. The zero-order chi connectivity index (χ0) is 16.6. The number of aromatic amines is 1. The van der Waals surface area contributed by atoms with Crippen molar-refractivity contribution in [2.45, 2.75) is 39.9 Å². The van der Waals surface area contributed by atoms with Gasteiger partial charge in [0.25, 0.3) is 0 Å². The lowest BCUT2D eigenvalue weighted by molar-refractivity contribution is 0.218. The summed E-state index contributed by atoms with van der Waals surface area (Å²) in [4.78, 5) is 5.63. The van der Waals surface area contributed by atoms with E-state index in [0.29, 0.717) is 6.04 Å². The minimum absolute atomic E-state index is 0.200. The topological polar surface area (TPSA) is 36.9 Å². The first-order valence-corrected chi connectivity index (χ1v) is 7.91. The molecule has 122 valence electrons. The zero-order valence-electron chi connectivity index (χ0n) is 14.1. The monoisotopic (exact) mass is 314 g/mol. The molecule has 1 N–H and O–H groups in total. The normalized spacial score (nSPS) is 13.1. The van der Waals surface area contributed by atoms with E-state index in [1.807, 2.05) is 13.0 Å². The predicted molar refractivity (Wildman–Crippen MR) is 90.9 cm³/mol. The number of hydrogen-bond donors (Lipinski definition) is 1. The summed E-state index contributed by atoms with van der Waals surface area (Å²) in [5.41, 5.74) is 4.30. The third-order valence-electron chi connectivity index (χ3n) is 4.35. The number of halogens is 1. The summed E-state index contributed by atoms with van der Waals surface area (Å²) in [6.07, 6.45) is 0. The number of fused-ring (bicyclic) bond motifs is 1. The van der Waals surface area contributed by atoms with Gasteiger partial charge in [-0.15, -0.1) is 0 Å². The maximum atomic E-state index is 13.3. The number of rotatable bonds is 5. The number of aromatic nitrogens is 3. The van der Waals surface area contributed by atoms with Crippen LogP contribution in [0.1, 0.15) is 24.0 Å². The Hall–Kier alpha value is -2.14. The molecule has 0 saturated heterocycles. The van der Waals surface area contributed by atoms with Gasteiger partial charge in [0.05, 0.1) is 12.2 Å². The first kappa shape index (κ1) is 15.7. The molecule has 0 aliphatic heterocycles. The smallest absolute Gasteiger partial charge is 0.123 e. The number of aryl methyl sites for hydroxylation is 2. The molecule has 3 aromatic rings. The van der Waals surface area contributed by atoms with Crippen LogP contribution in [0.15, 0.2) is 30.3 Å². The quantitative estimate of drug-likeness (QED) is 0.780. The molecular formula is C18H23FN4. The van der Waals surface area contributed by atoms with Crippen molar-refractivity contribution in [2.24, 2.45) is 0 Å². The van der Waals surface area contributed by atoms with Crippen LogP contribution in [0.5, 0.6) is 0 Å². The van der Waals surface area contributed by atoms with Crippen molar-refractivity contribution in [3.05, 3.63) is 53.2 Å². The van der Waals surface area contributed by atoms with Crippen LogP contribution in [0.4, 0.5) is 4.39 Å². The molecule has 0 bridgehead atoms. The molecule has 4 nitrogen and oxygen atoms in total. The van der Waals surface area contributed by atoms with Crippen LogP contribution in [0.25, 0.3) is 10.9 Å². The summed E-state index contributed by atoms with van der Waals surface area (Å²) in [7, 11) is 2.10. The van der Waals surface area contributed by atoms with Crippen molar-refractivity contribution in [1.29, 1.82) is 0 Å². The summed E-state index contributed by atoms with van der Waals surface area (Å²) >= 11 is 0. The molecular weight excluding hydrogens is 291 g/mol. The molecule has 1 aromatic carbocycles. The van der Waals surface area contributed by atoms with Gasteiger partial charge in [-0.05, 0) is 58.2 Å². The van der Waals surface area contributed by atoms with Gasteiger partial charge in [-0.2, -0.15) is 5.10 Å². The van der Waals surface area contributed by atoms with E-state index in [2.05, 4.69) is 46.6 Å². The number of nitrogens with zero attached hydrogens (tertiary/aromatic N) is 3. The van der Waals surface area contributed by atoms with E-state index in [1.54, 1.807) is 12.1 Å². The SMILES string of the molecule is Cc1cc(C)n(C[C@H](C)N(C)Cc2cc3cc(F)ccc3[nH]2)n1. The molecule has 5 heteroatoms. The fourth-order valence-electron chi connectivity index (χ4n) is 2.92. The summed E-state index contributed by atoms with van der Waals surface area (Å²) in [6.45, 7) is 7.93. The van der Waals surface area contributed by atoms with Gasteiger partial charge < -0.3 is 4.98 Å². The number of benzene rings is 1.